The smallest absolute Gasteiger partial charge is 0.349 e. The molecule has 8 heteroatoms. The topological polar surface area (TPSA) is 112 Å². The van der Waals surface area contributed by atoms with E-state index in [0.717, 1.165) is 5.69 Å². The average Bonchev–Trinajstić information content (AvgIpc) is 2.73. The molecule has 0 bridgehead atoms. The number of hydrogen-bond acceptors (Lipinski definition) is 6. The van der Waals surface area contributed by atoms with E-state index in [0.29, 0.717) is 16.9 Å². The Kier molecular flexibility index (Phi) is 7.92. The number of benzene rings is 2. The van der Waals surface area contributed by atoms with E-state index in [4.69, 9.17) is 4.74 Å². The van der Waals surface area contributed by atoms with Gasteiger partial charge in [-0.3, -0.25) is 9.59 Å². The lowest BCUT2D eigenvalue weighted by molar-refractivity contribution is -0.148. The molecule has 0 unspecified atom stereocenters. The Morgan fingerprint density at radius 2 is 1.55 bits per heavy atom. The Hall–Kier alpha value is -4.12. The first kappa shape index (κ1) is 23.2. The third-order valence-corrected chi connectivity index (χ3v) is 4.19. The average molecular weight is 420 g/mol. The van der Waals surface area contributed by atoms with Crippen LogP contribution in [0.4, 0.5) is 17.1 Å². The van der Waals surface area contributed by atoms with E-state index in [1.54, 1.807) is 36.4 Å². The van der Waals surface area contributed by atoms with Crippen molar-refractivity contribution in [1.82, 2.24) is 0 Å². The van der Waals surface area contributed by atoms with Crippen LogP contribution in [0.25, 0.3) is 6.08 Å². The number of esters is 1. The predicted molar refractivity (Wildman–Crippen MR) is 119 cm³/mol. The predicted octanol–water partition coefficient (Wildman–Crippen LogP) is 3.19. The van der Waals surface area contributed by atoms with Crippen LogP contribution in [0.3, 0.4) is 0 Å². The van der Waals surface area contributed by atoms with Gasteiger partial charge in [-0.2, -0.15) is 5.26 Å². The van der Waals surface area contributed by atoms with Crippen LogP contribution < -0.4 is 15.5 Å². The van der Waals surface area contributed by atoms with Crippen LogP contribution in [-0.2, 0) is 19.1 Å². The van der Waals surface area contributed by atoms with Crippen molar-refractivity contribution in [2.45, 2.75) is 20.0 Å². The third-order valence-electron chi connectivity index (χ3n) is 4.19. The number of hydrogen-bond donors (Lipinski definition) is 2. The van der Waals surface area contributed by atoms with Crippen LogP contribution in [-0.4, -0.2) is 38.0 Å². The summed E-state index contributed by atoms with van der Waals surface area (Å²) >= 11 is 0. The van der Waals surface area contributed by atoms with E-state index in [-0.39, 0.29) is 11.5 Å². The number of carbonyl (C=O) groups is 3. The maximum absolute atomic E-state index is 12.3. The van der Waals surface area contributed by atoms with E-state index in [1.807, 2.05) is 37.2 Å². The summed E-state index contributed by atoms with van der Waals surface area (Å²) in [6, 6.07) is 15.6. The summed E-state index contributed by atoms with van der Waals surface area (Å²) in [7, 11) is 3.82. The van der Waals surface area contributed by atoms with Gasteiger partial charge in [0, 0.05) is 38.1 Å². The van der Waals surface area contributed by atoms with Crippen LogP contribution in [0.1, 0.15) is 19.4 Å². The van der Waals surface area contributed by atoms with E-state index in [1.165, 1.54) is 19.9 Å². The van der Waals surface area contributed by atoms with Gasteiger partial charge < -0.3 is 20.3 Å². The molecule has 0 aromatic heterocycles. The molecule has 0 heterocycles. The van der Waals surface area contributed by atoms with Crippen molar-refractivity contribution >= 4 is 40.9 Å². The second kappa shape index (κ2) is 10.6. The lowest BCUT2D eigenvalue weighted by Gasteiger charge is -2.14. The first-order chi connectivity index (χ1) is 14.7. The standard InChI is InChI=1S/C23H24N4O4/c1-15(22(29)26-20-9-7-19(8-10-20)25-16(2)28)31-23(30)18(14-24)13-17-5-11-21(12-6-17)27(3)4/h5-13,15H,1-4H3,(H,25,28)(H,26,29)/b18-13-/t15-/m1/s1. The molecule has 2 aromatic rings. The van der Waals surface area contributed by atoms with E-state index in [9.17, 15) is 19.6 Å². The highest BCUT2D eigenvalue weighted by molar-refractivity contribution is 6.01. The molecule has 2 amide bonds. The van der Waals surface area contributed by atoms with Gasteiger partial charge in [0.25, 0.3) is 5.91 Å². The van der Waals surface area contributed by atoms with Crippen molar-refractivity contribution in [1.29, 1.82) is 5.26 Å². The summed E-state index contributed by atoms with van der Waals surface area (Å²) in [6.45, 7) is 2.81. The van der Waals surface area contributed by atoms with Crippen molar-refractivity contribution in [3.8, 4) is 6.07 Å². The van der Waals surface area contributed by atoms with Gasteiger partial charge in [-0.05, 0) is 55.0 Å². The Morgan fingerprint density at radius 1 is 1.00 bits per heavy atom. The van der Waals surface area contributed by atoms with E-state index < -0.39 is 18.0 Å². The van der Waals surface area contributed by atoms with Gasteiger partial charge in [0.15, 0.2) is 6.10 Å². The van der Waals surface area contributed by atoms with Crippen molar-refractivity contribution in [2.75, 3.05) is 29.6 Å². The summed E-state index contributed by atoms with van der Waals surface area (Å²) in [5, 5.41) is 14.6. The van der Waals surface area contributed by atoms with E-state index >= 15 is 0 Å². The number of amides is 2. The van der Waals surface area contributed by atoms with Crippen molar-refractivity contribution in [3.63, 3.8) is 0 Å². The molecule has 0 aliphatic heterocycles. The Bertz CT molecular complexity index is 1020. The van der Waals surface area contributed by atoms with Crippen LogP contribution in [0.15, 0.2) is 54.1 Å². The molecule has 0 spiro atoms. The van der Waals surface area contributed by atoms with Gasteiger partial charge >= 0.3 is 5.97 Å². The maximum Gasteiger partial charge on any atom is 0.349 e. The van der Waals surface area contributed by atoms with Crippen molar-refractivity contribution < 1.29 is 19.1 Å². The van der Waals surface area contributed by atoms with Gasteiger partial charge in [0.05, 0.1) is 0 Å². The minimum Gasteiger partial charge on any atom is -0.448 e. The van der Waals surface area contributed by atoms with E-state index in [2.05, 4.69) is 10.6 Å². The zero-order valence-electron chi connectivity index (χ0n) is 17.8. The molecule has 31 heavy (non-hydrogen) atoms. The van der Waals surface area contributed by atoms with Gasteiger partial charge in [-0.15, -0.1) is 0 Å². The summed E-state index contributed by atoms with van der Waals surface area (Å²) in [6.07, 6.45) is 0.294. The normalized spacial score (nSPS) is 11.6. The summed E-state index contributed by atoms with van der Waals surface area (Å²) in [5.74, 6) is -1.64. The van der Waals surface area contributed by atoms with Gasteiger partial charge in [-0.25, -0.2) is 4.79 Å². The fraction of sp³-hybridized carbons (Fsp3) is 0.217. The SMILES string of the molecule is CC(=O)Nc1ccc(NC(=O)[C@@H](C)OC(=O)/C(C#N)=C\c2ccc(N(C)C)cc2)cc1. The Labute approximate surface area is 181 Å². The maximum atomic E-state index is 12.3. The fourth-order valence-electron chi connectivity index (χ4n) is 2.53. The first-order valence-electron chi connectivity index (χ1n) is 9.48. The quantitative estimate of drug-likeness (QED) is 0.404. The third kappa shape index (κ3) is 7.01. The van der Waals surface area contributed by atoms with Gasteiger partial charge in [-0.1, -0.05) is 12.1 Å². The molecule has 2 aromatic carbocycles. The lowest BCUT2D eigenvalue weighted by atomic mass is 10.1. The molecule has 0 radical (unpaired) electrons. The second-order valence-electron chi connectivity index (χ2n) is 6.95. The number of carbonyl (C=O) groups excluding carboxylic acids is 3. The number of ether oxygens (including phenoxy) is 1. The zero-order chi connectivity index (χ0) is 23.0. The van der Waals surface area contributed by atoms with Crippen LogP contribution in [0.5, 0.6) is 0 Å². The van der Waals surface area contributed by atoms with Gasteiger partial charge in [0.1, 0.15) is 11.6 Å². The number of rotatable bonds is 7. The summed E-state index contributed by atoms with van der Waals surface area (Å²) in [5.41, 5.74) is 2.49. The van der Waals surface area contributed by atoms with Crippen molar-refractivity contribution in [3.05, 3.63) is 59.7 Å². The minimum atomic E-state index is -1.12. The van der Waals surface area contributed by atoms with Crippen LogP contribution in [0.2, 0.25) is 0 Å². The minimum absolute atomic E-state index is 0.202. The largest absolute Gasteiger partial charge is 0.448 e. The molecule has 2 rings (SSSR count). The highest BCUT2D eigenvalue weighted by atomic mass is 16.5. The zero-order valence-corrected chi connectivity index (χ0v) is 17.8. The van der Waals surface area contributed by atoms with Crippen LogP contribution in [0, 0.1) is 11.3 Å². The molecular weight excluding hydrogens is 396 g/mol. The first-order valence-corrected chi connectivity index (χ1v) is 9.48. The molecule has 0 aliphatic rings. The number of nitrogens with one attached hydrogen (secondary N) is 2. The molecule has 160 valence electrons. The highest BCUT2D eigenvalue weighted by Crippen LogP contribution is 2.16. The highest BCUT2D eigenvalue weighted by Gasteiger charge is 2.20. The monoisotopic (exact) mass is 420 g/mol. The van der Waals surface area contributed by atoms with Crippen molar-refractivity contribution in [2.24, 2.45) is 0 Å². The molecular formula is C23H24N4O4. The summed E-state index contributed by atoms with van der Waals surface area (Å²) < 4.78 is 5.14. The van der Waals surface area contributed by atoms with Crippen LogP contribution >= 0.6 is 0 Å². The van der Waals surface area contributed by atoms with Gasteiger partial charge in [0.2, 0.25) is 5.91 Å². The molecule has 2 N–H and O–H groups in total. The number of nitrogens with zero attached hydrogens (tertiary/aromatic N) is 2. The summed E-state index contributed by atoms with van der Waals surface area (Å²) in [4.78, 5) is 37.6. The molecule has 0 fully saturated rings. The molecule has 0 aliphatic carbocycles. The Balaban J connectivity index is 1.99. The number of anilines is 3. The second-order valence-corrected chi connectivity index (χ2v) is 6.95. The molecule has 1 atom stereocenters. The molecule has 8 nitrogen and oxygen atoms in total. The number of nitriles is 1. The molecule has 0 saturated heterocycles. The lowest BCUT2D eigenvalue weighted by Crippen LogP contribution is -2.30. The molecule has 0 saturated carbocycles. The Morgan fingerprint density at radius 3 is 2.03 bits per heavy atom. The fourth-order valence-corrected chi connectivity index (χ4v) is 2.53.